The second-order valence-electron chi connectivity index (χ2n) is 7.57. The summed E-state index contributed by atoms with van der Waals surface area (Å²) in [4.78, 5) is 26.7. The Kier molecular flexibility index (Phi) is 4.70. The van der Waals surface area contributed by atoms with Gasteiger partial charge in [-0.15, -0.1) is 0 Å². The summed E-state index contributed by atoms with van der Waals surface area (Å²) in [7, 11) is 0. The molecule has 5 nitrogen and oxygen atoms in total. The quantitative estimate of drug-likeness (QED) is 0.861. The van der Waals surface area contributed by atoms with Crippen LogP contribution in [0.1, 0.15) is 36.9 Å². The third kappa shape index (κ3) is 3.35. The van der Waals surface area contributed by atoms with Crippen LogP contribution >= 0.6 is 0 Å². The highest BCUT2D eigenvalue weighted by Crippen LogP contribution is 2.43. The zero-order valence-electron chi connectivity index (χ0n) is 15.5. The minimum absolute atomic E-state index is 0.00754. The molecule has 1 saturated heterocycles. The molecule has 27 heavy (non-hydrogen) atoms. The van der Waals surface area contributed by atoms with E-state index in [1.54, 1.807) is 4.90 Å². The number of carbonyl (C=O) groups is 2. The van der Waals surface area contributed by atoms with Crippen LogP contribution < -0.4 is 11.1 Å². The van der Waals surface area contributed by atoms with Gasteiger partial charge in [-0.05, 0) is 35.1 Å². The number of hydrogen-bond acceptors (Lipinski definition) is 3. The molecule has 0 bridgehead atoms. The van der Waals surface area contributed by atoms with Crippen molar-refractivity contribution < 1.29 is 9.59 Å². The van der Waals surface area contributed by atoms with Crippen LogP contribution in [-0.2, 0) is 9.59 Å². The monoisotopic (exact) mass is 363 g/mol. The van der Waals surface area contributed by atoms with Gasteiger partial charge in [0, 0.05) is 26.1 Å². The van der Waals surface area contributed by atoms with Crippen molar-refractivity contribution in [3.05, 3.63) is 59.7 Å². The van der Waals surface area contributed by atoms with Crippen LogP contribution in [0.4, 0.5) is 0 Å². The van der Waals surface area contributed by atoms with Gasteiger partial charge in [0.05, 0.1) is 12.0 Å². The number of amides is 2. The van der Waals surface area contributed by atoms with Crippen LogP contribution in [0.3, 0.4) is 0 Å². The SMILES string of the molecule is CC(=O)N1C[C@@H](N)CC[C@@H](C(=O)NC2c3ccccc3-c3ccccc32)C1. The van der Waals surface area contributed by atoms with Gasteiger partial charge >= 0.3 is 0 Å². The summed E-state index contributed by atoms with van der Waals surface area (Å²) in [6, 6.07) is 16.2. The zero-order valence-corrected chi connectivity index (χ0v) is 15.5. The Balaban J connectivity index is 1.58. The molecule has 2 aromatic carbocycles. The van der Waals surface area contributed by atoms with Gasteiger partial charge in [-0.3, -0.25) is 9.59 Å². The van der Waals surface area contributed by atoms with E-state index in [1.807, 2.05) is 24.3 Å². The first-order chi connectivity index (χ1) is 13.0. The molecule has 2 aliphatic rings. The van der Waals surface area contributed by atoms with Gasteiger partial charge in [0.15, 0.2) is 0 Å². The average Bonchev–Trinajstić information content (AvgIpc) is 2.83. The molecule has 0 aromatic heterocycles. The highest BCUT2D eigenvalue weighted by Gasteiger charge is 2.33. The average molecular weight is 363 g/mol. The van der Waals surface area contributed by atoms with Crippen LogP contribution in [0.15, 0.2) is 48.5 Å². The lowest BCUT2D eigenvalue weighted by Crippen LogP contribution is -2.42. The Morgan fingerprint density at radius 3 is 2.15 bits per heavy atom. The number of benzene rings is 2. The fourth-order valence-corrected chi connectivity index (χ4v) is 4.26. The topological polar surface area (TPSA) is 75.4 Å². The largest absolute Gasteiger partial charge is 0.345 e. The molecule has 5 heteroatoms. The summed E-state index contributed by atoms with van der Waals surface area (Å²) in [5.41, 5.74) is 10.7. The molecule has 1 fully saturated rings. The molecule has 2 amide bonds. The van der Waals surface area contributed by atoms with Crippen LogP contribution in [0, 0.1) is 5.92 Å². The van der Waals surface area contributed by atoms with E-state index in [-0.39, 0.29) is 29.8 Å². The third-order valence-corrected chi connectivity index (χ3v) is 5.72. The Hall–Kier alpha value is -2.66. The molecule has 140 valence electrons. The van der Waals surface area contributed by atoms with Crippen molar-refractivity contribution in [1.82, 2.24) is 10.2 Å². The number of fused-ring (bicyclic) bond motifs is 3. The normalized spacial score (nSPS) is 21.9. The Morgan fingerprint density at radius 1 is 0.963 bits per heavy atom. The lowest BCUT2D eigenvalue weighted by atomic mass is 9.99. The van der Waals surface area contributed by atoms with E-state index >= 15 is 0 Å². The van der Waals surface area contributed by atoms with Gasteiger partial charge in [-0.1, -0.05) is 48.5 Å². The first-order valence-corrected chi connectivity index (χ1v) is 9.54. The van der Waals surface area contributed by atoms with E-state index in [9.17, 15) is 9.59 Å². The molecule has 2 atom stereocenters. The highest BCUT2D eigenvalue weighted by atomic mass is 16.2. The van der Waals surface area contributed by atoms with E-state index in [0.717, 1.165) is 17.5 Å². The summed E-state index contributed by atoms with van der Waals surface area (Å²) in [6.07, 6.45) is 1.45. The standard InChI is InChI=1S/C22H25N3O2/c1-14(26)25-12-15(10-11-16(23)13-25)22(27)24-21-19-8-4-2-6-17(19)18-7-3-5-9-20(18)21/h2-9,15-16,21H,10-13,23H2,1H3,(H,24,27)/t15-,16+/m1/s1. The second kappa shape index (κ2) is 7.16. The molecular weight excluding hydrogens is 338 g/mol. The first-order valence-electron chi connectivity index (χ1n) is 9.54. The summed E-state index contributed by atoms with van der Waals surface area (Å²) >= 11 is 0. The van der Waals surface area contributed by atoms with Crippen LogP contribution in [0.2, 0.25) is 0 Å². The molecular formula is C22H25N3O2. The van der Waals surface area contributed by atoms with Crippen LogP contribution in [-0.4, -0.2) is 35.8 Å². The van der Waals surface area contributed by atoms with Crippen molar-refractivity contribution in [2.75, 3.05) is 13.1 Å². The number of rotatable bonds is 2. The number of nitrogens with two attached hydrogens (primary N) is 1. The molecule has 0 spiro atoms. The van der Waals surface area contributed by atoms with E-state index in [1.165, 1.54) is 18.1 Å². The fraction of sp³-hybridized carbons (Fsp3) is 0.364. The maximum Gasteiger partial charge on any atom is 0.225 e. The van der Waals surface area contributed by atoms with E-state index in [4.69, 9.17) is 5.73 Å². The predicted octanol–water partition coefficient (Wildman–Crippen LogP) is 2.46. The number of nitrogens with zero attached hydrogens (tertiary/aromatic N) is 1. The van der Waals surface area contributed by atoms with Gasteiger partial charge in [0.1, 0.15) is 0 Å². The second-order valence-corrected chi connectivity index (χ2v) is 7.57. The first kappa shape index (κ1) is 17.7. The van der Waals surface area contributed by atoms with Crippen molar-refractivity contribution in [2.45, 2.75) is 31.8 Å². The molecule has 0 saturated carbocycles. The zero-order chi connectivity index (χ0) is 19.0. The maximum absolute atomic E-state index is 13.1. The molecule has 1 aliphatic carbocycles. The van der Waals surface area contributed by atoms with Crippen molar-refractivity contribution >= 4 is 11.8 Å². The lowest BCUT2D eigenvalue weighted by Gasteiger charge is -2.25. The summed E-state index contributed by atoms with van der Waals surface area (Å²) < 4.78 is 0. The number of hydrogen-bond donors (Lipinski definition) is 2. The molecule has 1 heterocycles. The Morgan fingerprint density at radius 2 is 1.56 bits per heavy atom. The Labute approximate surface area is 159 Å². The fourth-order valence-electron chi connectivity index (χ4n) is 4.26. The molecule has 2 aromatic rings. The Bertz CT molecular complexity index is 834. The van der Waals surface area contributed by atoms with Gasteiger partial charge in [-0.25, -0.2) is 0 Å². The summed E-state index contributed by atoms with van der Waals surface area (Å²) in [5.74, 6) is -0.268. The van der Waals surface area contributed by atoms with Gasteiger partial charge < -0.3 is 16.0 Å². The third-order valence-electron chi connectivity index (χ3n) is 5.72. The summed E-state index contributed by atoms with van der Waals surface area (Å²) in [5, 5.41) is 3.25. The van der Waals surface area contributed by atoms with Crippen molar-refractivity contribution in [2.24, 2.45) is 11.7 Å². The maximum atomic E-state index is 13.1. The van der Waals surface area contributed by atoms with Gasteiger partial charge in [0.25, 0.3) is 0 Å². The predicted molar refractivity (Wildman–Crippen MR) is 105 cm³/mol. The lowest BCUT2D eigenvalue weighted by molar-refractivity contribution is -0.131. The van der Waals surface area contributed by atoms with Gasteiger partial charge in [0.2, 0.25) is 11.8 Å². The molecule has 3 N–H and O–H groups in total. The molecule has 4 rings (SSSR count). The number of likely N-dealkylation sites (tertiary alicyclic amines) is 1. The molecule has 0 unspecified atom stereocenters. The van der Waals surface area contributed by atoms with Crippen molar-refractivity contribution in [3.63, 3.8) is 0 Å². The summed E-state index contributed by atoms with van der Waals surface area (Å²) in [6.45, 7) is 2.50. The van der Waals surface area contributed by atoms with Crippen molar-refractivity contribution in [3.8, 4) is 11.1 Å². The van der Waals surface area contributed by atoms with Crippen LogP contribution in [0.25, 0.3) is 11.1 Å². The minimum atomic E-state index is -0.234. The van der Waals surface area contributed by atoms with E-state index in [0.29, 0.717) is 19.5 Å². The van der Waals surface area contributed by atoms with Crippen LogP contribution in [0.5, 0.6) is 0 Å². The number of carbonyl (C=O) groups excluding carboxylic acids is 2. The molecule has 0 radical (unpaired) electrons. The van der Waals surface area contributed by atoms with E-state index < -0.39 is 0 Å². The molecule has 1 aliphatic heterocycles. The minimum Gasteiger partial charge on any atom is -0.345 e. The van der Waals surface area contributed by atoms with Gasteiger partial charge in [-0.2, -0.15) is 0 Å². The van der Waals surface area contributed by atoms with Crippen molar-refractivity contribution in [1.29, 1.82) is 0 Å². The smallest absolute Gasteiger partial charge is 0.225 e. The number of nitrogens with one attached hydrogen (secondary N) is 1. The highest BCUT2D eigenvalue weighted by molar-refractivity contribution is 5.85. The van der Waals surface area contributed by atoms with E-state index in [2.05, 4.69) is 29.6 Å².